The van der Waals surface area contributed by atoms with Gasteiger partial charge in [-0.25, -0.2) is 4.79 Å². The van der Waals surface area contributed by atoms with Crippen molar-refractivity contribution in [2.24, 2.45) is 0 Å². The van der Waals surface area contributed by atoms with Gasteiger partial charge in [0.2, 0.25) is 12.3 Å². The lowest BCUT2D eigenvalue weighted by Crippen LogP contribution is -2.36. The number of hydrogen-bond donors (Lipinski definition) is 2. The third-order valence-corrected chi connectivity index (χ3v) is 3.45. The van der Waals surface area contributed by atoms with E-state index >= 15 is 0 Å². The SMILES string of the molecule is CC(C)(C)c1nc(CSCCC(NC=O)C(=O)O)no1. The van der Waals surface area contributed by atoms with E-state index in [-0.39, 0.29) is 5.41 Å². The van der Waals surface area contributed by atoms with Gasteiger partial charge in [-0.1, -0.05) is 25.9 Å². The molecule has 7 nitrogen and oxygen atoms in total. The number of thioether (sulfide) groups is 1. The molecular formula is C12H19N3O4S. The Bertz CT molecular complexity index is 456. The summed E-state index contributed by atoms with van der Waals surface area (Å²) < 4.78 is 5.16. The Morgan fingerprint density at radius 2 is 2.25 bits per heavy atom. The number of carbonyl (C=O) groups excluding carboxylic acids is 1. The number of carboxylic acids is 1. The van der Waals surface area contributed by atoms with Crippen LogP contribution in [-0.4, -0.2) is 39.4 Å². The van der Waals surface area contributed by atoms with Crippen molar-refractivity contribution in [1.29, 1.82) is 0 Å². The maximum absolute atomic E-state index is 10.8. The lowest BCUT2D eigenvalue weighted by atomic mass is 9.97. The molecule has 1 aromatic heterocycles. The second kappa shape index (κ2) is 7.28. The Morgan fingerprint density at radius 3 is 2.75 bits per heavy atom. The Kier molecular flexibility index (Phi) is 6.00. The van der Waals surface area contributed by atoms with Crippen molar-refractivity contribution in [3.63, 3.8) is 0 Å². The number of carbonyl (C=O) groups is 2. The van der Waals surface area contributed by atoms with Gasteiger partial charge in [-0.05, 0) is 12.2 Å². The minimum absolute atomic E-state index is 0.182. The van der Waals surface area contributed by atoms with Crippen molar-refractivity contribution in [2.75, 3.05) is 5.75 Å². The van der Waals surface area contributed by atoms with Gasteiger partial charge in [0, 0.05) is 5.41 Å². The zero-order chi connectivity index (χ0) is 15.2. The third kappa shape index (κ3) is 5.20. The fraction of sp³-hybridized carbons (Fsp3) is 0.667. The molecule has 1 aromatic rings. The molecule has 0 radical (unpaired) electrons. The molecule has 0 aromatic carbocycles. The van der Waals surface area contributed by atoms with Gasteiger partial charge in [0.1, 0.15) is 6.04 Å². The van der Waals surface area contributed by atoms with Crippen LogP contribution in [0.25, 0.3) is 0 Å². The molecule has 0 aliphatic carbocycles. The Morgan fingerprint density at radius 1 is 1.55 bits per heavy atom. The van der Waals surface area contributed by atoms with Gasteiger partial charge in [0.05, 0.1) is 5.75 Å². The number of carboxylic acid groups (broad SMARTS) is 1. The van der Waals surface area contributed by atoms with Crippen molar-refractivity contribution < 1.29 is 19.2 Å². The Hall–Kier alpha value is -1.57. The Balaban J connectivity index is 2.35. The average molecular weight is 301 g/mol. The quantitative estimate of drug-likeness (QED) is 0.548. The largest absolute Gasteiger partial charge is 0.480 e. The molecule has 8 heteroatoms. The molecule has 0 fully saturated rings. The van der Waals surface area contributed by atoms with Gasteiger partial charge in [-0.2, -0.15) is 16.7 Å². The molecular weight excluding hydrogens is 282 g/mol. The summed E-state index contributed by atoms with van der Waals surface area (Å²) >= 11 is 1.50. The lowest BCUT2D eigenvalue weighted by molar-refractivity contribution is -0.140. The average Bonchev–Trinajstić information content (AvgIpc) is 2.81. The number of rotatable bonds is 8. The maximum atomic E-state index is 10.8. The number of hydrogen-bond acceptors (Lipinski definition) is 6. The zero-order valence-corrected chi connectivity index (χ0v) is 12.6. The van der Waals surface area contributed by atoms with Crippen LogP contribution in [0.5, 0.6) is 0 Å². The fourth-order valence-corrected chi connectivity index (χ4v) is 2.19. The first-order valence-electron chi connectivity index (χ1n) is 6.18. The molecule has 1 heterocycles. The molecule has 0 saturated heterocycles. The van der Waals surface area contributed by atoms with Crippen LogP contribution in [-0.2, 0) is 20.8 Å². The van der Waals surface area contributed by atoms with Gasteiger partial charge in [0.25, 0.3) is 0 Å². The first-order valence-corrected chi connectivity index (χ1v) is 7.33. The molecule has 112 valence electrons. The van der Waals surface area contributed by atoms with E-state index < -0.39 is 12.0 Å². The van der Waals surface area contributed by atoms with E-state index in [0.717, 1.165) is 0 Å². The van der Waals surface area contributed by atoms with Crippen molar-refractivity contribution >= 4 is 24.1 Å². The molecule has 0 saturated carbocycles. The maximum Gasteiger partial charge on any atom is 0.326 e. The number of aliphatic carboxylic acids is 1. The summed E-state index contributed by atoms with van der Waals surface area (Å²) in [6.07, 6.45) is 0.751. The van der Waals surface area contributed by atoms with E-state index in [9.17, 15) is 9.59 Å². The smallest absolute Gasteiger partial charge is 0.326 e. The first kappa shape index (κ1) is 16.5. The van der Waals surface area contributed by atoms with Crippen LogP contribution < -0.4 is 5.32 Å². The van der Waals surface area contributed by atoms with Crippen LogP contribution in [0.1, 0.15) is 38.9 Å². The van der Waals surface area contributed by atoms with Crippen molar-refractivity contribution in [3.05, 3.63) is 11.7 Å². The fourth-order valence-electron chi connectivity index (χ4n) is 1.34. The highest BCUT2D eigenvalue weighted by Gasteiger charge is 2.21. The monoisotopic (exact) mass is 301 g/mol. The summed E-state index contributed by atoms with van der Waals surface area (Å²) in [4.78, 5) is 25.3. The van der Waals surface area contributed by atoms with Gasteiger partial charge in [-0.15, -0.1) is 0 Å². The van der Waals surface area contributed by atoms with E-state index in [0.29, 0.717) is 36.1 Å². The van der Waals surface area contributed by atoms with Crippen LogP contribution in [0, 0.1) is 0 Å². The van der Waals surface area contributed by atoms with Crippen LogP contribution in [0.4, 0.5) is 0 Å². The van der Waals surface area contributed by atoms with Crippen molar-refractivity contribution in [2.45, 2.75) is 44.4 Å². The molecule has 1 rings (SSSR count). The van der Waals surface area contributed by atoms with Crippen molar-refractivity contribution in [3.8, 4) is 0 Å². The van der Waals surface area contributed by atoms with Crippen LogP contribution in [0.15, 0.2) is 4.52 Å². The van der Waals surface area contributed by atoms with E-state index in [1.54, 1.807) is 0 Å². The highest BCUT2D eigenvalue weighted by Crippen LogP contribution is 2.21. The lowest BCUT2D eigenvalue weighted by Gasteiger charge is -2.10. The third-order valence-electron chi connectivity index (χ3n) is 2.46. The van der Waals surface area contributed by atoms with Gasteiger partial charge in [0.15, 0.2) is 5.82 Å². The minimum Gasteiger partial charge on any atom is -0.480 e. The highest BCUT2D eigenvalue weighted by molar-refractivity contribution is 7.98. The zero-order valence-electron chi connectivity index (χ0n) is 11.8. The summed E-state index contributed by atoms with van der Waals surface area (Å²) in [6.45, 7) is 5.96. The van der Waals surface area contributed by atoms with Crippen LogP contribution in [0.2, 0.25) is 0 Å². The van der Waals surface area contributed by atoms with Crippen LogP contribution >= 0.6 is 11.8 Å². The minimum atomic E-state index is -1.03. The van der Waals surface area contributed by atoms with E-state index in [4.69, 9.17) is 9.63 Å². The molecule has 1 unspecified atom stereocenters. The summed E-state index contributed by atoms with van der Waals surface area (Å²) in [6, 6.07) is -0.851. The summed E-state index contributed by atoms with van der Waals surface area (Å²) in [5.41, 5.74) is -0.182. The van der Waals surface area contributed by atoms with Crippen molar-refractivity contribution in [1.82, 2.24) is 15.5 Å². The van der Waals surface area contributed by atoms with E-state index in [1.165, 1.54) is 11.8 Å². The molecule has 20 heavy (non-hydrogen) atoms. The molecule has 0 bridgehead atoms. The van der Waals surface area contributed by atoms with Gasteiger partial charge in [-0.3, -0.25) is 4.79 Å². The second-order valence-corrected chi connectivity index (χ2v) is 6.39. The van der Waals surface area contributed by atoms with Gasteiger partial charge >= 0.3 is 5.97 Å². The number of amides is 1. The second-order valence-electron chi connectivity index (χ2n) is 5.28. The normalized spacial score (nSPS) is 12.9. The summed E-state index contributed by atoms with van der Waals surface area (Å²) in [5.74, 6) is 1.27. The molecule has 0 aliphatic heterocycles. The summed E-state index contributed by atoms with van der Waals surface area (Å²) in [5, 5.41) is 15.0. The molecule has 1 amide bonds. The van der Waals surface area contributed by atoms with Gasteiger partial charge < -0.3 is 14.9 Å². The highest BCUT2D eigenvalue weighted by atomic mass is 32.2. The predicted octanol–water partition coefficient (Wildman–Crippen LogP) is 1.19. The molecule has 2 N–H and O–H groups in total. The number of nitrogens with zero attached hydrogens (tertiary/aromatic N) is 2. The topological polar surface area (TPSA) is 105 Å². The number of nitrogens with one attached hydrogen (secondary N) is 1. The standard InChI is InChI=1S/C12H19N3O4S/c1-12(2,3)11-14-9(15-19-11)6-20-5-4-8(10(17)18)13-7-16/h7-8H,4-6H2,1-3H3,(H,13,16)(H,17,18). The molecule has 0 aliphatic rings. The Labute approximate surface area is 121 Å². The summed E-state index contributed by atoms with van der Waals surface area (Å²) in [7, 11) is 0. The molecule has 0 spiro atoms. The van der Waals surface area contributed by atoms with E-state index in [1.807, 2.05) is 20.8 Å². The predicted molar refractivity (Wildman–Crippen MR) is 74.4 cm³/mol. The van der Waals surface area contributed by atoms with Crippen LogP contribution in [0.3, 0.4) is 0 Å². The number of aromatic nitrogens is 2. The first-order chi connectivity index (χ1) is 9.34. The van der Waals surface area contributed by atoms with E-state index in [2.05, 4.69) is 15.5 Å². The molecule has 1 atom stereocenters.